The van der Waals surface area contributed by atoms with Crippen molar-refractivity contribution >= 4 is 51.7 Å². The van der Waals surface area contributed by atoms with E-state index >= 15 is 0 Å². The lowest BCUT2D eigenvalue weighted by atomic mass is 10.1. The summed E-state index contributed by atoms with van der Waals surface area (Å²) in [5, 5.41) is 22.0. The highest BCUT2D eigenvalue weighted by Crippen LogP contribution is 2.36. The van der Waals surface area contributed by atoms with Crippen LogP contribution in [0, 0.1) is 0 Å². The predicted molar refractivity (Wildman–Crippen MR) is 112 cm³/mol. The zero-order valence-electron chi connectivity index (χ0n) is 15.7. The maximum atomic E-state index is 13.1. The smallest absolute Gasteiger partial charge is 0.316 e. The fourth-order valence-electron chi connectivity index (χ4n) is 2.79. The van der Waals surface area contributed by atoms with Gasteiger partial charge in [-0.15, -0.1) is 0 Å². The van der Waals surface area contributed by atoms with Gasteiger partial charge in [0.25, 0.3) is 0 Å². The van der Waals surface area contributed by atoms with Gasteiger partial charge in [0.1, 0.15) is 29.2 Å². The van der Waals surface area contributed by atoms with Crippen molar-refractivity contribution in [3.05, 3.63) is 57.8 Å². The number of carbonyl (C=O) groups excluding carboxylic acids is 2. The van der Waals surface area contributed by atoms with Gasteiger partial charge in [0.05, 0.1) is 11.6 Å². The first-order valence-corrected chi connectivity index (χ1v) is 9.55. The number of aliphatic hydroxyl groups excluding tert-OH is 2. The van der Waals surface area contributed by atoms with Crippen LogP contribution in [0.3, 0.4) is 0 Å². The highest BCUT2D eigenvalue weighted by molar-refractivity contribution is 6.37. The Labute approximate surface area is 181 Å². The molecular formula is C20H18Cl2N2O6. The minimum Gasteiger partial charge on any atom is -0.488 e. The second-order valence-electron chi connectivity index (χ2n) is 6.48. The predicted octanol–water partition coefficient (Wildman–Crippen LogP) is 3.58. The molecule has 2 aromatic carbocycles. The number of carbonyl (C=O) groups is 2. The van der Waals surface area contributed by atoms with Crippen LogP contribution in [0.25, 0.3) is 11.0 Å². The number of hydrogen-bond acceptors (Lipinski definition) is 6. The number of nitrogens with two attached hydrogens (primary N) is 1. The molecular weight excluding hydrogens is 435 g/mol. The van der Waals surface area contributed by atoms with Crippen LogP contribution in [0.1, 0.15) is 23.0 Å². The van der Waals surface area contributed by atoms with Crippen molar-refractivity contribution in [2.45, 2.75) is 19.1 Å². The van der Waals surface area contributed by atoms with E-state index < -0.39 is 30.6 Å². The van der Waals surface area contributed by atoms with E-state index in [-0.39, 0.29) is 27.6 Å². The summed E-state index contributed by atoms with van der Waals surface area (Å²) in [5.74, 6) is -0.468. The van der Waals surface area contributed by atoms with Crippen LogP contribution < -0.4 is 15.8 Å². The van der Waals surface area contributed by atoms with Gasteiger partial charge in [0.2, 0.25) is 5.78 Å². The van der Waals surface area contributed by atoms with Gasteiger partial charge in [-0.25, -0.2) is 4.79 Å². The van der Waals surface area contributed by atoms with Gasteiger partial charge in [-0.1, -0.05) is 23.2 Å². The van der Waals surface area contributed by atoms with Crippen LogP contribution in [0.4, 0.5) is 10.5 Å². The number of hydrogen-bond donors (Lipinski definition) is 4. The van der Waals surface area contributed by atoms with E-state index in [0.29, 0.717) is 16.2 Å². The molecule has 3 rings (SSSR count). The average Bonchev–Trinajstić information content (AvgIpc) is 3.05. The van der Waals surface area contributed by atoms with Crippen molar-refractivity contribution in [3.8, 4) is 5.75 Å². The Morgan fingerprint density at radius 2 is 1.97 bits per heavy atom. The normalized spacial score (nSPS) is 13.1. The molecule has 1 heterocycles. The minimum absolute atomic E-state index is 0.0773. The van der Waals surface area contributed by atoms with Crippen molar-refractivity contribution in [1.82, 2.24) is 0 Å². The summed E-state index contributed by atoms with van der Waals surface area (Å²) >= 11 is 12.1. The number of ketones is 1. The van der Waals surface area contributed by atoms with E-state index in [1.807, 2.05) is 0 Å². The number of aliphatic hydroxyl groups is 2. The van der Waals surface area contributed by atoms with Crippen molar-refractivity contribution in [3.63, 3.8) is 0 Å². The molecule has 2 unspecified atom stereocenters. The topological polar surface area (TPSA) is 135 Å². The molecule has 10 heteroatoms. The van der Waals surface area contributed by atoms with Crippen LogP contribution in [-0.4, -0.2) is 40.8 Å². The van der Waals surface area contributed by atoms with Crippen LogP contribution in [0.5, 0.6) is 5.75 Å². The van der Waals surface area contributed by atoms with Crippen molar-refractivity contribution < 1.29 is 29.0 Å². The molecule has 3 aromatic rings. The molecule has 1 aromatic heterocycles. The first-order valence-electron chi connectivity index (χ1n) is 8.79. The Hall–Kier alpha value is -2.78. The van der Waals surface area contributed by atoms with Crippen LogP contribution in [-0.2, 0) is 0 Å². The van der Waals surface area contributed by atoms with E-state index in [0.717, 1.165) is 0 Å². The Kier molecular flexibility index (Phi) is 6.52. The largest absolute Gasteiger partial charge is 0.488 e. The molecule has 30 heavy (non-hydrogen) atoms. The number of halogens is 2. The minimum atomic E-state index is -1.08. The molecule has 0 aliphatic carbocycles. The van der Waals surface area contributed by atoms with E-state index in [9.17, 15) is 14.7 Å². The van der Waals surface area contributed by atoms with Gasteiger partial charge in [-0.3, -0.25) is 4.79 Å². The average molecular weight is 453 g/mol. The lowest BCUT2D eigenvalue weighted by Crippen LogP contribution is -2.31. The second kappa shape index (κ2) is 8.93. The summed E-state index contributed by atoms with van der Waals surface area (Å²) in [4.78, 5) is 24.6. The zero-order valence-corrected chi connectivity index (χ0v) is 17.2. The molecule has 0 saturated heterocycles. The summed E-state index contributed by atoms with van der Waals surface area (Å²) < 4.78 is 11.3. The monoisotopic (exact) mass is 452 g/mol. The quantitative estimate of drug-likeness (QED) is 0.404. The molecule has 0 aliphatic rings. The third kappa shape index (κ3) is 4.52. The van der Waals surface area contributed by atoms with E-state index in [4.69, 9.17) is 43.2 Å². The first-order chi connectivity index (χ1) is 14.2. The molecule has 0 fully saturated rings. The third-order valence-corrected chi connectivity index (χ3v) is 4.90. The van der Waals surface area contributed by atoms with Gasteiger partial charge in [-0.05, 0) is 37.3 Å². The van der Waals surface area contributed by atoms with E-state index in [1.165, 1.54) is 24.3 Å². The number of amides is 2. The number of fused-ring (bicyclic) bond motifs is 1. The number of anilines is 1. The number of rotatable bonds is 7. The summed E-state index contributed by atoms with van der Waals surface area (Å²) in [7, 11) is 0. The van der Waals surface area contributed by atoms with Gasteiger partial charge in [-0.2, -0.15) is 0 Å². The van der Waals surface area contributed by atoms with Gasteiger partial charge < -0.3 is 30.4 Å². The van der Waals surface area contributed by atoms with Crippen LogP contribution in [0.15, 0.2) is 40.8 Å². The number of nitrogens with one attached hydrogen (secondary N) is 1. The standard InChI is InChI=1S/C20H18Cl2N2O6/c1-9(15(26)8-25)29-11-3-4-12-16(7-11)30-19(17(12)24-20(23)28)18(27)13-6-10(21)2-5-14(13)22/h2-7,9,15,25-26H,8H2,1H3,(H3,23,24,28). The van der Waals surface area contributed by atoms with Crippen molar-refractivity contribution in [1.29, 1.82) is 0 Å². The Balaban J connectivity index is 2.07. The van der Waals surface area contributed by atoms with Gasteiger partial charge >= 0.3 is 6.03 Å². The zero-order chi connectivity index (χ0) is 22.0. The molecule has 158 valence electrons. The molecule has 0 spiro atoms. The SMILES string of the molecule is CC(Oc1ccc2c(NC(N)=O)c(C(=O)c3cc(Cl)ccc3Cl)oc2c1)C(O)CO. The molecule has 0 saturated carbocycles. The fraction of sp³-hybridized carbons (Fsp3) is 0.200. The van der Waals surface area contributed by atoms with Gasteiger partial charge in [0.15, 0.2) is 5.76 Å². The summed E-state index contributed by atoms with van der Waals surface area (Å²) in [6.07, 6.45) is -1.77. The van der Waals surface area contributed by atoms with E-state index in [2.05, 4.69) is 5.32 Å². The maximum absolute atomic E-state index is 13.1. The Morgan fingerprint density at radius 1 is 1.23 bits per heavy atom. The molecule has 5 N–H and O–H groups in total. The molecule has 8 nitrogen and oxygen atoms in total. The Bertz CT molecular complexity index is 1110. The summed E-state index contributed by atoms with van der Waals surface area (Å²) in [5.41, 5.74) is 5.65. The molecule has 2 atom stereocenters. The second-order valence-corrected chi connectivity index (χ2v) is 7.32. The highest BCUT2D eigenvalue weighted by atomic mass is 35.5. The summed E-state index contributed by atoms with van der Waals surface area (Å²) in [6.45, 7) is 1.12. The number of furan rings is 1. The lowest BCUT2D eigenvalue weighted by molar-refractivity contribution is 0.00819. The highest BCUT2D eigenvalue weighted by Gasteiger charge is 2.25. The number of urea groups is 1. The van der Waals surface area contributed by atoms with Crippen molar-refractivity contribution in [2.24, 2.45) is 5.73 Å². The molecule has 2 amide bonds. The summed E-state index contributed by atoms with van der Waals surface area (Å²) in [6, 6.07) is 8.12. The van der Waals surface area contributed by atoms with E-state index in [1.54, 1.807) is 19.1 Å². The molecule has 0 bridgehead atoms. The molecule has 0 radical (unpaired) electrons. The van der Waals surface area contributed by atoms with Gasteiger partial charge in [0, 0.05) is 22.0 Å². The Morgan fingerprint density at radius 3 is 2.63 bits per heavy atom. The maximum Gasteiger partial charge on any atom is 0.316 e. The van der Waals surface area contributed by atoms with Crippen LogP contribution >= 0.6 is 23.2 Å². The first kappa shape index (κ1) is 21.9. The van der Waals surface area contributed by atoms with Crippen LogP contribution in [0.2, 0.25) is 10.0 Å². The number of ether oxygens (including phenoxy) is 1. The number of primary amides is 1. The lowest BCUT2D eigenvalue weighted by Gasteiger charge is -2.18. The van der Waals surface area contributed by atoms with Crippen molar-refractivity contribution in [2.75, 3.05) is 11.9 Å². The fourth-order valence-corrected chi connectivity index (χ4v) is 3.17. The molecule has 0 aliphatic heterocycles. The third-order valence-electron chi connectivity index (χ3n) is 4.34. The number of benzene rings is 2.